The van der Waals surface area contributed by atoms with Crippen LogP contribution in [0.5, 0.6) is 17.4 Å². The highest BCUT2D eigenvalue weighted by molar-refractivity contribution is 6.30. The van der Waals surface area contributed by atoms with Crippen molar-refractivity contribution >= 4 is 11.6 Å². The van der Waals surface area contributed by atoms with E-state index in [1.54, 1.807) is 11.8 Å². The van der Waals surface area contributed by atoms with Gasteiger partial charge in [0.05, 0.1) is 36.8 Å². The van der Waals surface area contributed by atoms with Crippen LogP contribution in [0.3, 0.4) is 0 Å². The number of hydrogen-bond acceptors (Lipinski definition) is 6. The van der Waals surface area contributed by atoms with Crippen molar-refractivity contribution in [2.75, 3.05) is 33.4 Å². The Morgan fingerprint density at radius 1 is 1.17 bits per heavy atom. The minimum absolute atomic E-state index is 0.175. The molecule has 8 heteroatoms. The SMILES string of the molecule is C#CCOCC(O)CN(CCC)Cc1c(C)nn(-c2ccc(Cl)cc2)c1Oc1ccccc1OC. The molecule has 0 aliphatic carbocycles. The molecule has 1 atom stereocenters. The summed E-state index contributed by atoms with van der Waals surface area (Å²) in [6.45, 7) is 6.15. The molecule has 0 saturated carbocycles. The minimum atomic E-state index is -0.667. The number of rotatable bonds is 13. The van der Waals surface area contributed by atoms with Crippen molar-refractivity contribution in [1.82, 2.24) is 14.7 Å². The van der Waals surface area contributed by atoms with Gasteiger partial charge in [-0.15, -0.1) is 6.42 Å². The average molecular weight is 498 g/mol. The van der Waals surface area contributed by atoms with E-state index in [9.17, 15) is 5.11 Å². The third-order valence-corrected chi connectivity index (χ3v) is 5.62. The zero-order valence-electron chi connectivity index (χ0n) is 20.4. The van der Waals surface area contributed by atoms with Crippen molar-refractivity contribution in [3.8, 4) is 35.4 Å². The predicted molar refractivity (Wildman–Crippen MR) is 138 cm³/mol. The molecule has 0 aliphatic heterocycles. The first-order valence-corrected chi connectivity index (χ1v) is 11.9. The number of hydrogen-bond donors (Lipinski definition) is 1. The summed E-state index contributed by atoms with van der Waals surface area (Å²) in [7, 11) is 1.61. The van der Waals surface area contributed by atoms with E-state index in [-0.39, 0.29) is 13.2 Å². The van der Waals surface area contributed by atoms with E-state index in [0.717, 1.165) is 29.9 Å². The zero-order valence-corrected chi connectivity index (χ0v) is 21.2. The van der Waals surface area contributed by atoms with Crippen LogP contribution >= 0.6 is 11.6 Å². The summed E-state index contributed by atoms with van der Waals surface area (Å²) in [5, 5.41) is 15.9. The molecule has 3 rings (SSSR count). The highest BCUT2D eigenvalue weighted by atomic mass is 35.5. The fraction of sp³-hybridized carbons (Fsp3) is 0.370. The van der Waals surface area contributed by atoms with Crippen molar-refractivity contribution in [2.45, 2.75) is 32.9 Å². The predicted octanol–water partition coefficient (Wildman–Crippen LogP) is 4.86. The molecule has 0 fully saturated rings. The monoisotopic (exact) mass is 497 g/mol. The topological polar surface area (TPSA) is 69.0 Å². The molecule has 1 heterocycles. The van der Waals surface area contributed by atoms with Gasteiger partial charge in [-0.2, -0.15) is 5.10 Å². The van der Waals surface area contributed by atoms with Crippen LogP contribution in [-0.2, 0) is 11.3 Å². The summed E-state index contributed by atoms with van der Waals surface area (Å²) in [5.41, 5.74) is 2.55. The van der Waals surface area contributed by atoms with Gasteiger partial charge in [0.15, 0.2) is 11.5 Å². The Morgan fingerprint density at radius 2 is 1.89 bits per heavy atom. The van der Waals surface area contributed by atoms with Crippen molar-refractivity contribution in [2.24, 2.45) is 0 Å². The van der Waals surface area contributed by atoms with Gasteiger partial charge >= 0.3 is 0 Å². The standard InChI is InChI=1S/C27H32ClN3O4/c1-5-15-30(17-23(32)19-34-16-6-2)18-24-20(3)29-31(22-13-11-21(28)12-14-22)27(24)35-26-10-8-7-9-25(26)33-4/h2,7-14,23,32H,5,15-19H2,1,3-4H3. The lowest BCUT2D eigenvalue weighted by molar-refractivity contribution is 0.0259. The lowest BCUT2D eigenvalue weighted by Crippen LogP contribution is -2.35. The molecule has 0 radical (unpaired) electrons. The molecule has 3 aromatic rings. The number of aliphatic hydroxyl groups is 1. The zero-order chi connectivity index (χ0) is 25.2. The van der Waals surface area contributed by atoms with Crippen LogP contribution < -0.4 is 9.47 Å². The van der Waals surface area contributed by atoms with Crippen molar-refractivity contribution in [3.05, 3.63) is 64.8 Å². The number of ether oxygens (including phenoxy) is 3. The second-order valence-electron chi connectivity index (χ2n) is 8.12. The normalized spacial score (nSPS) is 11.9. The van der Waals surface area contributed by atoms with Gasteiger partial charge in [0, 0.05) is 18.1 Å². The molecular formula is C27H32ClN3O4. The highest BCUT2D eigenvalue weighted by Crippen LogP contribution is 2.36. The van der Waals surface area contributed by atoms with Crippen molar-refractivity contribution < 1.29 is 19.3 Å². The third kappa shape index (κ3) is 7.23. The molecule has 0 bridgehead atoms. The Morgan fingerprint density at radius 3 is 2.54 bits per heavy atom. The van der Waals surface area contributed by atoms with E-state index in [1.807, 2.05) is 55.5 Å². The maximum Gasteiger partial charge on any atom is 0.227 e. The first kappa shape index (κ1) is 26.6. The fourth-order valence-corrected chi connectivity index (χ4v) is 3.90. The molecule has 35 heavy (non-hydrogen) atoms. The third-order valence-electron chi connectivity index (χ3n) is 5.37. The molecule has 0 aliphatic rings. The summed E-state index contributed by atoms with van der Waals surface area (Å²) in [5.74, 6) is 4.19. The molecule has 186 valence electrons. The molecule has 1 N–H and O–H groups in total. The molecule has 0 amide bonds. The number of halogens is 1. The van der Waals surface area contributed by atoms with Crippen LogP contribution in [0, 0.1) is 19.3 Å². The minimum Gasteiger partial charge on any atom is -0.493 e. The van der Waals surface area contributed by atoms with Crippen LogP contribution in [-0.4, -0.2) is 59.3 Å². The lowest BCUT2D eigenvalue weighted by Gasteiger charge is -2.25. The molecule has 0 saturated heterocycles. The van der Waals surface area contributed by atoms with Crippen molar-refractivity contribution in [3.63, 3.8) is 0 Å². The summed E-state index contributed by atoms with van der Waals surface area (Å²) >= 11 is 6.11. The van der Waals surface area contributed by atoms with Crippen LogP contribution in [0.15, 0.2) is 48.5 Å². The number of benzene rings is 2. The molecule has 1 unspecified atom stereocenters. The van der Waals surface area contributed by atoms with E-state index < -0.39 is 6.10 Å². The average Bonchev–Trinajstić information content (AvgIpc) is 3.15. The van der Waals surface area contributed by atoms with Crippen LogP contribution in [0.25, 0.3) is 5.69 Å². The van der Waals surface area contributed by atoms with Gasteiger partial charge in [0.2, 0.25) is 5.88 Å². The molecule has 7 nitrogen and oxygen atoms in total. The molecule has 1 aromatic heterocycles. The van der Waals surface area contributed by atoms with Crippen LogP contribution in [0.4, 0.5) is 0 Å². The summed E-state index contributed by atoms with van der Waals surface area (Å²) in [4.78, 5) is 2.16. The number of aryl methyl sites for hydroxylation is 1. The van der Waals surface area contributed by atoms with E-state index in [2.05, 4.69) is 17.7 Å². The number of methoxy groups -OCH3 is 1. The van der Waals surface area contributed by atoms with E-state index in [1.165, 1.54) is 0 Å². The van der Waals surface area contributed by atoms with Gasteiger partial charge in [0.25, 0.3) is 0 Å². The van der Waals surface area contributed by atoms with E-state index in [4.69, 9.17) is 37.3 Å². The van der Waals surface area contributed by atoms with E-state index in [0.29, 0.717) is 35.5 Å². The Kier molecular flexibility index (Phi) is 10.0. The quantitative estimate of drug-likeness (QED) is 0.269. The van der Waals surface area contributed by atoms with Gasteiger partial charge in [-0.1, -0.05) is 36.6 Å². The lowest BCUT2D eigenvalue weighted by atomic mass is 10.2. The number of aromatic nitrogens is 2. The second kappa shape index (κ2) is 13.2. The maximum absolute atomic E-state index is 10.5. The smallest absolute Gasteiger partial charge is 0.227 e. The van der Waals surface area contributed by atoms with Gasteiger partial charge in [-0.05, 0) is 56.3 Å². The Bertz CT molecular complexity index is 1120. The summed E-state index contributed by atoms with van der Waals surface area (Å²) in [6.07, 6.45) is 5.49. The Hall–Kier alpha value is -3.02. The molecule has 2 aromatic carbocycles. The van der Waals surface area contributed by atoms with Crippen LogP contribution in [0.1, 0.15) is 24.6 Å². The second-order valence-corrected chi connectivity index (χ2v) is 8.55. The number of nitrogens with zero attached hydrogens (tertiary/aromatic N) is 3. The largest absolute Gasteiger partial charge is 0.493 e. The first-order valence-electron chi connectivity index (χ1n) is 11.5. The highest BCUT2D eigenvalue weighted by Gasteiger charge is 2.23. The van der Waals surface area contributed by atoms with Gasteiger partial charge in [0.1, 0.15) is 6.61 Å². The van der Waals surface area contributed by atoms with Crippen LogP contribution in [0.2, 0.25) is 5.02 Å². The number of para-hydroxylation sites is 2. The number of terminal acetylenes is 1. The maximum atomic E-state index is 10.5. The van der Waals surface area contributed by atoms with Gasteiger partial charge in [-0.25, -0.2) is 4.68 Å². The molecular weight excluding hydrogens is 466 g/mol. The van der Waals surface area contributed by atoms with Gasteiger partial charge in [-0.3, -0.25) is 4.90 Å². The summed E-state index contributed by atoms with van der Waals surface area (Å²) in [6, 6.07) is 14.9. The number of aliphatic hydroxyl groups excluding tert-OH is 1. The van der Waals surface area contributed by atoms with Gasteiger partial charge < -0.3 is 19.3 Å². The molecule has 0 spiro atoms. The van der Waals surface area contributed by atoms with Crippen molar-refractivity contribution in [1.29, 1.82) is 0 Å². The van der Waals surface area contributed by atoms with E-state index >= 15 is 0 Å². The Labute approximate surface area is 212 Å². The first-order chi connectivity index (χ1) is 17.0. The Balaban J connectivity index is 1.97. The summed E-state index contributed by atoms with van der Waals surface area (Å²) < 4.78 is 19.0. The fourth-order valence-electron chi connectivity index (χ4n) is 3.77.